The van der Waals surface area contributed by atoms with Gasteiger partial charge in [0.2, 0.25) is 5.91 Å². The van der Waals surface area contributed by atoms with Crippen LogP contribution < -0.4 is 11.1 Å². The molecule has 2 atom stereocenters. The van der Waals surface area contributed by atoms with Crippen molar-refractivity contribution in [3.05, 3.63) is 0 Å². The van der Waals surface area contributed by atoms with E-state index in [1.54, 1.807) is 0 Å². The van der Waals surface area contributed by atoms with E-state index in [1.165, 1.54) is 0 Å². The number of nitrogens with one attached hydrogen (secondary N) is 1. The standard InChI is InChI=1S/C14H23F3N2O/c15-14(16,17)10-4-3-5-11(8-10)19-12(20)9-13(18)6-1-2-7-13/h10-11H,1-9,18H2,(H,19,20). The first-order chi connectivity index (χ1) is 9.28. The maximum Gasteiger partial charge on any atom is 0.391 e. The Morgan fingerprint density at radius 1 is 1.20 bits per heavy atom. The van der Waals surface area contributed by atoms with Crippen molar-refractivity contribution in [3.63, 3.8) is 0 Å². The average molecular weight is 292 g/mol. The van der Waals surface area contributed by atoms with Crippen LogP contribution in [-0.2, 0) is 4.79 Å². The number of alkyl halides is 3. The fraction of sp³-hybridized carbons (Fsp3) is 0.929. The smallest absolute Gasteiger partial charge is 0.353 e. The zero-order valence-corrected chi connectivity index (χ0v) is 11.6. The number of halogens is 3. The van der Waals surface area contributed by atoms with Crippen molar-refractivity contribution in [2.75, 3.05) is 0 Å². The third kappa shape index (κ3) is 4.11. The Morgan fingerprint density at radius 3 is 2.45 bits per heavy atom. The zero-order chi connectivity index (χ0) is 14.8. The normalized spacial score (nSPS) is 30.2. The van der Waals surface area contributed by atoms with E-state index in [-0.39, 0.29) is 31.2 Å². The number of rotatable bonds is 3. The summed E-state index contributed by atoms with van der Waals surface area (Å²) in [7, 11) is 0. The van der Waals surface area contributed by atoms with Crippen molar-refractivity contribution < 1.29 is 18.0 Å². The summed E-state index contributed by atoms with van der Waals surface area (Å²) in [6, 6.07) is -0.354. The Hall–Kier alpha value is -0.780. The molecule has 3 N–H and O–H groups in total. The summed E-state index contributed by atoms with van der Waals surface area (Å²) in [4.78, 5) is 12.0. The van der Waals surface area contributed by atoms with Gasteiger partial charge in [-0.15, -0.1) is 0 Å². The molecule has 2 aliphatic carbocycles. The molecule has 1 amide bonds. The highest BCUT2D eigenvalue weighted by Gasteiger charge is 2.42. The molecule has 0 bridgehead atoms. The number of carbonyl (C=O) groups excluding carboxylic acids is 1. The first-order valence-corrected chi connectivity index (χ1v) is 7.43. The van der Waals surface area contributed by atoms with Crippen molar-refractivity contribution in [1.82, 2.24) is 5.32 Å². The van der Waals surface area contributed by atoms with Gasteiger partial charge in [-0.25, -0.2) is 0 Å². The Labute approximate surface area is 117 Å². The summed E-state index contributed by atoms with van der Waals surface area (Å²) in [5.74, 6) is -1.47. The molecule has 3 nitrogen and oxygen atoms in total. The maximum atomic E-state index is 12.7. The van der Waals surface area contributed by atoms with Crippen LogP contribution in [0.5, 0.6) is 0 Å². The topological polar surface area (TPSA) is 55.1 Å². The minimum atomic E-state index is -4.15. The molecule has 0 aromatic rings. The second-order valence-corrected chi connectivity index (χ2v) is 6.42. The van der Waals surface area contributed by atoms with Crippen LogP contribution in [0.2, 0.25) is 0 Å². The predicted molar refractivity (Wildman–Crippen MR) is 69.9 cm³/mol. The van der Waals surface area contributed by atoms with Gasteiger partial charge in [0.15, 0.2) is 0 Å². The van der Waals surface area contributed by atoms with Crippen LogP contribution in [0.1, 0.15) is 57.8 Å². The largest absolute Gasteiger partial charge is 0.391 e. The van der Waals surface area contributed by atoms with E-state index < -0.39 is 17.6 Å². The summed E-state index contributed by atoms with van der Waals surface area (Å²) >= 11 is 0. The minimum absolute atomic E-state index is 0.00676. The SMILES string of the molecule is NC1(CC(=O)NC2CCCC(C(F)(F)F)C2)CCCC1. The Balaban J connectivity index is 1.82. The summed E-state index contributed by atoms with van der Waals surface area (Å²) in [6.07, 6.45) is 1.14. The molecule has 0 aromatic heterocycles. The van der Waals surface area contributed by atoms with Gasteiger partial charge in [-0.2, -0.15) is 13.2 Å². The minimum Gasteiger partial charge on any atom is -0.353 e. The van der Waals surface area contributed by atoms with E-state index in [9.17, 15) is 18.0 Å². The molecular formula is C14H23F3N2O. The molecule has 2 rings (SSSR count). The fourth-order valence-corrected chi connectivity index (χ4v) is 3.47. The summed E-state index contributed by atoms with van der Waals surface area (Å²) in [5.41, 5.74) is 5.68. The predicted octanol–water partition coefficient (Wildman–Crippen LogP) is 2.89. The molecule has 116 valence electrons. The van der Waals surface area contributed by atoms with Gasteiger partial charge in [-0.3, -0.25) is 4.79 Å². The lowest BCUT2D eigenvalue weighted by Gasteiger charge is -2.32. The molecule has 20 heavy (non-hydrogen) atoms. The molecule has 0 heterocycles. The second kappa shape index (κ2) is 5.92. The van der Waals surface area contributed by atoms with Gasteiger partial charge in [-0.1, -0.05) is 19.3 Å². The van der Waals surface area contributed by atoms with Crippen molar-refractivity contribution in [2.24, 2.45) is 11.7 Å². The maximum absolute atomic E-state index is 12.7. The van der Waals surface area contributed by atoms with E-state index in [4.69, 9.17) is 5.73 Å². The summed E-state index contributed by atoms with van der Waals surface area (Å²) < 4.78 is 38.1. The van der Waals surface area contributed by atoms with Crippen LogP contribution in [0, 0.1) is 5.92 Å². The molecule has 2 saturated carbocycles. The second-order valence-electron chi connectivity index (χ2n) is 6.42. The van der Waals surface area contributed by atoms with Crippen molar-refractivity contribution in [1.29, 1.82) is 0 Å². The number of hydrogen-bond donors (Lipinski definition) is 2. The number of hydrogen-bond acceptors (Lipinski definition) is 2. The molecule has 0 saturated heterocycles. The van der Waals surface area contributed by atoms with E-state index in [1.807, 2.05) is 0 Å². The Kier molecular flexibility index (Phi) is 4.62. The number of carbonyl (C=O) groups is 1. The lowest BCUT2D eigenvalue weighted by atomic mass is 9.85. The molecule has 6 heteroatoms. The van der Waals surface area contributed by atoms with Gasteiger partial charge in [0, 0.05) is 18.0 Å². The van der Waals surface area contributed by atoms with Gasteiger partial charge < -0.3 is 11.1 Å². The molecule has 0 radical (unpaired) electrons. The van der Waals surface area contributed by atoms with Crippen molar-refractivity contribution >= 4 is 5.91 Å². The van der Waals surface area contributed by atoms with Crippen molar-refractivity contribution in [2.45, 2.75) is 75.5 Å². The first kappa shape index (κ1) is 15.6. The molecular weight excluding hydrogens is 269 g/mol. The van der Waals surface area contributed by atoms with Gasteiger partial charge in [-0.05, 0) is 32.1 Å². The monoisotopic (exact) mass is 292 g/mol. The zero-order valence-electron chi connectivity index (χ0n) is 11.6. The van der Waals surface area contributed by atoms with E-state index in [2.05, 4.69) is 5.32 Å². The van der Waals surface area contributed by atoms with Crippen molar-refractivity contribution in [3.8, 4) is 0 Å². The van der Waals surface area contributed by atoms with Crippen LogP contribution in [0.4, 0.5) is 13.2 Å². The Morgan fingerprint density at radius 2 is 1.85 bits per heavy atom. The quantitative estimate of drug-likeness (QED) is 0.840. The van der Waals surface area contributed by atoms with Crippen LogP contribution in [-0.4, -0.2) is 23.7 Å². The highest BCUT2D eigenvalue weighted by Crippen LogP contribution is 2.37. The highest BCUT2D eigenvalue weighted by atomic mass is 19.4. The van der Waals surface area contributed by atoms with Crippen LogP contribution in [0.25, 0.3) is 0 Å². The number of nitrogens with two attached hydrogens (primary N) is 1. The van der Waals surface area contributed by atoms with E-state index >= 15 is 0 Å². The van der Waals surface area contributed by atoms with Crippen LogP contribution >= 0.6 is 0 Å². The molecule has 2 aliphatic rings. The molecule has 2 fully saturated rings. The highest BCUT2D eigenvalue weighted by molar-refractivity contribution is 5.77. The average Bonchev–Trinajstić information content (AvgIpc) is 2.74. The fourth-order valence-electron chi connectivity index (χ4n) is 3.47. The molecule has 0 aliphatic heterocycles. The van der Waals surface area contributed by atoms with Gasteiger partial charge in [0.25, 0.3) is 0 Å². The van der Waals surface area contributed by atoms with Gasteiger partial charge in [0.05, 0.1) is 5.92 Å². The lowest BCUT2D eigenvalue weighted by molar-refractivity contribution is -0.184. The third-order valence-corrected chi connectivity index (χ3v) is 4.61. The summed E-state index contributed by atoms with van der Waals surface area (Å²) in [5, 5.41) is 2.75. The van der Waals surface area contributed by atoms with E-state index in [0.717, 1.165) is 25.7 Å². The molecule has 2 unspecified atom stereocenters. The van der Waals surface area contributed by atoms with Gasteiger partial charge >= 0.3 is 6.18 Å². The van der Waals surface area contributed by atoms with Crippen LogP contribution in [0.15, 0.2) is 0 Å². The third-order valence-electron chi connectivity index (χ3n) is 4.61. The van der Waals surface area contributed by atoms with E-state index in [0.29, 0.717) is 12.8 Å². The summed E-state index contributed by atoms with van der Waals surface area (Å²) in [6.45, 7) is 0. The molecule has 0 spiro atoms. The molecule has 0 aromatic carbocycles. The van der Waals surface area contributed by atoms with Crippen LogP contribution in [0.3, 0.4) is 0 Å². The lowest BCUT2D eigenvalue weighted by Crippen LogP contribution is -2.46. The Bertz CT molecular complexity index is 351. The number of amides is 1. The van der Waals surface area contributed by atoms with Gasteiger partial charge in [0.1, 0.15) is 0 Å². The first-order valence-electron chi connectivity index (χ1n) is 7.43.